The predicted octanol–water partition coefficient (Wildman–Crippen LogP) is 5.05. The van der Waals surface area contributed by atoms with Crippen LogP contribution in [-0.4, -0.2) is 10.9 Å². The van der Waals surface area contributed by atoms with Crippen LogP contribution >= 0.6 is 0 Å². The van der Waals surface area contributed by atoms with Gasteiger partial charge in [0.1, 0.15) is 22.9 Å². The highest BCUT2D eigenvalue weighted by atomic mass is 19.1. The maximum atomic E-state index is 13.8. The van der Waals surface area contributed by atoms with Crippen molar-refractivity contribution in [2.45, 2.75) is 40.2 Å². The summed E-state index contributed by atoms with van der Waals surface area (Å²) < 4.78 is 19.8. The number of phenolic OH excluding ortho intramolecular Hbond substituents is 1. The van der Waals surface area contributed by atoms with Crippen molar-refractivity contribution in [3.63, 3.8) is 0 Å². The van der Waals surface area contributed by atoms with E-state index in [4.69, 9.17) is 4.74 Å². The number of ketones is 1. The summed E-state index contributed by atoms with van der Waals surface area (Å²) in [6, 6.07) is 7.51. The molecule has 0 fully saturated rings. The smallest absolute Gasteiger partial charge is 0.168 e. The van der Waals surface area contributed by atoms with E-state index >= 15 is 0 Å². The average Bonchev–Trinajstić information content (AvgIpc) is 2.43. The van der Waals surface area contributed by atoms with Gasteiger partial charge in [0.25, 0.3) is 0 Å². The van der Waals surface area contributed by atoms with E-state index < -0.39 is 11.0 Å². The van der Waals surface area contributed by atoms with Gasteiger partial charge in [-0.1, -0.05) is 26.8 Å². The van der Waals surface area contributed by atoms with Gasteiger partial charge in [-0.25, -0.2) is 4.39 Å². The molecule has 24 heavy (non-hydrogen) atoms. The highest BCUT2D eigenvalue weighted by molar-refractivity contribution is 6.02. The molecule has 1 heterocycles. The molecule has 2 aromatic carbocycles. The maximum absolute atomic E-state index is 13.8. The van der Waals surface area contributed by atoms with Gasteiger partial charge in [0.15, 0.2) is 5.78 Å². The number of rotatable bonds is 1. The molecule has 0 amide bonds. The third-order valence-corrected chi connectivity index (χ3v) is 4.29. The van der Waals surface area contributed by atoms with Crippen LogP contribution in [0.3, 0.4) is 0 Å². The molecule has 1 aliphatic heterocycles. The van der Waals surface area contributed by atoms with Crippen LogP contribution in [0.5, 0.6) is 11.5 Å². The molecule has 1 aliphatic rings. The first-order chi connectivity index (χ1) is 11.0. The number of benzene rings is 2. The molecule has 3 rings (SSSR count). The Morgan fingerprint density at radius 2 is 1.83 bits per heavy atom. The van der Waals surface area contributed by atoms with Crippen molar-refractivity contribution in [1.82, 2.24) is 0 Å². The number of ether oxygens (including phenoxy) is 1. The number of aromatic hydroxyl groups is 1. The first kappa shape index (κ1) is 16.5. The average molecular weight is 328 g/mol. The lowest BCUT2D eigenvalue weighted by molar-refractivity contribution is 0.0852. The first-order valence-corrected chi connectivity index (χ1v) is 7.92. The van der Waals surface area contributed by atoms with E-state index in [9.17, 15) is 14.3 Å². The van der Waals surface area contributed by atoms with Crippen LogP contribution in [0.4, 0.5) is 4.39 Å². The summed E-state index contributed by atoms with van der Waals surface area (Å²) in [5, 5.41) is 10.5. The minimum Gasteiger partial charge on any atom is -0.507 e. The number of carbonyl (C=O) groups is 1. The normalized spacial score (nSPS) is 15.2. The van der Waals surface area contributed by atoms with Crippen LogP contribution in [-0.2, 0) is 5.60 Å². The van der Waals surface area contributed by atoms with Gasteiger partial charge in [-0.15, -0.1) is 0 Å². The zero-order chi connectivity index (χ0) is 17.9. The van der Waals surface area contributed by atoms with Gasteiger partial charge in [0.2, 0.25) is 0 Å². The predicted molar refractivity (Wildman–Crippen MR) is 90.9 cm³/mol. The summed E-state index contributed by atoms with van der Waals surface area (Å²) in [5.74, 6) is -0.160. The molecule has 0 aromatic heterocycles. The van der Waals surface area contributed by atoms with Crippen molar-refractivity contribution < 1.29 is 19.0 Å². The van der Waals surface area contributed by atoms with Crippen LogP contribution in [0.25, 0.3) is 11.1 Å². The van der Waals surface area contributed by atoms with Crippen LogP contribution in [0.15, 0.2) is 30.3 Å². The summed E-state index contributed by atoms with van der Waals surface area (Å²) >= 11 is 0. The number of fused-ring (bicyclic) bond motifs is 3. The topological polar surface area (TPSA) is 46.5 Å². The molecule has 4 heteroatoms. The van der Waals surface area contributed by atoms with Crippen LogP contribution in [0.1, 0.15) is 50.5 Å². The molecule has 3 nitrogen and oxygen atoms in total. The summed E-state index contributed by atoms with van der Waals surface area (Å²) in [7, 11) is 0. The molecular formula is C20H21FO3. The lowest BCUT2D eigenvalue weighted by Gasteiger charge is -2.35. The van der Waals surface area contributed by atoms with Crippen molar-refractivity contribution in [2.24, 2.45) is 5.41 Å². The Bertz CT molecular complexity index is 845. The molecule has 2 aromatic rings. The van der Waals surface area contributed by atoms with Crippen LogP contribution in [0, 0.1) is 11.2 Å². The van der Waals surface area contributed by atoms with Gasteiger partial charge in [-0.05, 0) is 43.7 Å². The fourth-order valence-electron chi connectivity index (χ4n) is 3.09. The second-order valence-corrected chi connectivity index (χ2v) is 7.75. The van der Waals surface area contributed by atoms with Gasteiger partial charge in [-0.3, -0.25) is 4.79 Å². The number of carbonyl (C=O) groups excluding carboxylic acids is 1. The Balaban J connectivity index is 2.25. The summed E-state index contributed by atoms with van der Waals surface area (Å²) in [6.45, 7) is 9.22. The van der Waals surface area contributed by atoms with E-state index in [1.165, 1.54) is 18.2 Å². The zero-order valence-electron chi connectivity index (χ0n) is 14.5. The van der Waals surface area contributed by atoms with Gasteiger partial charge < -0.3 is 9.84 Å². The maximum Gasteiger partial charge on any atom is 0.168 e. The molecule has 0 saturated carbocycles. The molecule has 1 N–H and O–H groups in total. The van der Waals surface area contributed by atoms with E-state index in [0.29, 0.717) is 22.4 Å². The molecule has 0 spiro atoms. The Morgan fingerprint density at radius 1 is 1.17 bits per heavy atom. The molecule has 0 atom stereocenters. The van der Waals surface area contributed by atoms with E-state index in [1.807, 2.05) is 34.6 Å². The number of phenols is 1. The number of Topliss-reactive ketones (excluding diaryl/α,β-unsaturated/α-hetero) is 1. The zero-order valence-corrected chi connectivity index (χ0v) is 14.5. The number of hydrogen-bond acceptors (Lipinski definition) is 3. The van der Waals surface area contributed by atoms with Crippen molar-refractivity contribution in [2.75, 3.05) is 0 Å². The van der Waals surface area contributed by atoms with Gasteiger partial charge in [0, 0.05) is 16.5 Å². The monoisotopic (exact) mass is 328 g/mol. The first-order valence-electron chi connectivity index (χ1n) is 7.92. The minimum atomic E-state index is -0.689. The molecular weight excluding hydrogens is 307 g/mol. The molecule has 126 valence electrons. The number of hydrogen-bond donors (Lipinski definition) is 1. The highest BCUT2D eigenvalue weighted by Crippen LogP contribution is 2.49. The molecule has 0 bridgehead atoms. The highest BCUT2D eigenvalue weighted by Gasteiger charge is 2.35. The van der Waals surface area contributed by atoms with E-state index in [-0.39, 0.29) is 17.3 Å². The van der Waals surface area contributed by atoms with Crippen molar-refractivity contribution in [3.05, 3.63) is 47.3 Å². The van der Waals surface area contributed by atoms with Crippen LogP contribution < -0.4 is 4.74 Å². The van der Waals surface area contributed by atoms with E-state index in [2.05, 4.69) is 0 Å². The van der Waals surface area contributed by atoms with E-state index in [0.717, 1.165) is 5.56 Å². The van der Waals surface area contributed by atoms with Gasteiger partial charge in [0.05, 0.1) is 5.56 Å². The largest absolute Gasteiger partial charge is 0.507 e. The minimum absolute atomic E-state index is 0.0811. The fourth-order valence-corrected chi connectivity index (χ4v) is 3.09. The Hall–Kier alpha value is -2.36. The summed E-state index contributed by atoms with van der Waals surface area (Å²) in [6.07, 6.45) is 0. The lowest BCUT2D eigenvalue weighted by Crippen LogP contribution is -2.30. The second kappa shape index (κ2) is 5.07. The van der Waals surface area contributed by atoms with Crippen molar-refractivity contribution in [3.8, 4) is 22.6 Å². The van der Waals surface area contributed by atoms with E-state index in [1.54, 1.807) is 12.1 Å². The Kier molecular flexibility index (Phi) is 3.48. The van der Waals surface area contributed by atoms with Crippen molar-refractivity contribution in [1.29, 1.82) is 0 Å². The lowest BCUT2D eigenvalue weighted by atomic mass is 9.82. The molecule has 0 unspecified atom stereocenters. The second-order valence-electron chi connectivity index (χ2n) is 7.75. The third-order valence-electron chi connectivity index (χ3n) is 4.29. The quantitative estimate of drug-likeness (QED) is 0.745. The fraction of sp³-hybridized carbons (Fsp3) is 0.350. The SMILES string of the molecule is CC(C)(C)C(=O)c1cc(O)c2c(c1)OC(C)(C)c1ccc(F)cc1-2. The summed E-state index contributed by atoms with van der Waals surface area (Å²) in [4.78, 5) is 12.5. The molecule has 0 radical (unpaired) electrons. The Morgan fingerprint density at radius 3 is 2.46 bits per heavy atom. The molecule has 0 aliphatic carbocycles. The summed E-state index contributed by atoms with van der Waals surface area (Å²) in [5.41, 5.74) is 0.930. The van der Waals surface area contributed by atoms with Gasteiger partial charge >= 0.3 is 0 Å². The standard InChI is InChI=1S/C20H21FO3/c1-19(2,3)18(23)11-8-15(22)17-13-10-12(21)6-7-14(13)20(4,5)24-16(17)9-11/h6-10,22H,1-5H3. The Labute approximate surface area is 141 Å². The molecule has 0 saturated heterocycles. The van der Waals surface area contributed by atoms with Crippen molar-refractivity contribution >= 4 is 5.78 Å². The number of halogens is 1. The van der Waals surface area contributed by atoms with Gasteiger partial charge in [-0.2, -0.15) is 0 Å². The third kappa shape index (κ3) is 2.56. The van der Waals surface area contributed by atoms with Crippen LogP contribution in [0.2, 0.25) is 0 Å².